The Balaban J connectivity index is 2.60. The highest BCUT2D eigenvalue weighted by atomic mass is 16.4. The summed E-state index contributed by atoms with van der Waals surface area (Å²) in [5, 5.41) is 8.92. The van der Waals surface area contributed by atoms with Crippen LogP contribution in [0.2, 0.25) is 0 Å². The van der Waals surface area contributed by atoms with Crippen LogP contribution >= 0.6 is 0 Å². The molecule has 2 rings (SSSR count). The van der Waals surface area contributed by atoms with Gasteiger partial charge in [0.25, 0.3) is 0 Å². The van der Waals surface area contributed by atoms with E-state index in [2.05, 4.69) is 0 Å². The summed E-state index contributed by atoms with van der Waals surface area (Å²) in [6.45, 7) is 0. The second-order valence-corrected chi connectivity index (χ2v) is 3.66. The number of carboxylic acid groups (broad SMARTS) is 1. The van der Waals surface area contributed by atoms with Crippen molar-refractivity contribution in [3.05, 3.63) is 48.0 Å². The monoisotopic (exact) mass is 228 g/mol. The van der Waals surface area contributed by atoms with Crippen molar-refractivity contribution in [3.63, 3.8) is 0 Å². The standard InChI is InChI=1S/C13H12N2O2/c14-11-9(8-4-2-1-3-5-8)6-7-10(12(11)15)13(16)17/h1-7H,14-15H2,(H,16,17). The second-order valence-electron chi connectivity index (χ2n) is 3.66. The Bertz CT molecular complexity index is 565. The van der Waals surface area contributed by atoms with Crippen molar-refractivity contribution in [1.29, 1.82) is 0 Å². The molecule has 5 N–H and O–H groups in total. The average Bonchev–Trinajstić information content (AvgIpc) is 2.33. The van der Waals surface area contributed by atoms with Gasteiger partial charge in [-0.05, 0) is 11.6 Å². The van der Waals surface area contributed by atoms with Gasteiger partial charge < -0.3 is 16.6 Å². The number of nitrogens with two attached hydrogens (primary N) is 2. The Kier molecular flexibility index (Phi) is 2.70. The van der Waals surface area contributed by atoms with Crippen molar-refractivity contribution >= 4 is 17.3 Å². The minimum atomic E-state index is -1.08. The fourth-order valence-electron chi connectivity index (χ4n) is 1.69. The van der Waals surface area contributed by atoms with Gasteiger partial charge in [-0.3, -0.25) is 0 Å². The van der Waals surface area contributed by atoms with Crippen LogP contribution in [0.15, 0.2) is 42.5 Å². The Morgan fingerprint density at radius 2 is 1.59 bits per heavy atom. The number of rotatable bonds is 2. The molecule has 0 atom stereocenters. The van der Waals surface area contributed by atoms with E-state index < -0.39 is 5.97 Å². The third kappa shape index (κ3) is 1.92. The van der Waals surface area contributed by atoms with Gasteiger partial charge in [0.1, 0.15) is 0 Å². The highest BCUT2D eigenvalue weighted by Crippen LogP contribution is 2.32. The maximum Gasteiger partial charge on any atom is 0.337 e. The number of carbonyl (C=O) groups is 1. The summed E-state index contributed by atoms with van der Waals surface area (Å²) >= 11 is 0. The molecule has 0 radical (unpaired) electrons. The topological polar surface area (TPSA) is 89.3 Å². The Labute approximate surface area is 98.5 Å². The van der Waals surface area contributed by atoms with Crippen LogP contribution in [0.4, 0.5) is 11.4 Å². The van der Waals surface area contributed by atoms with Crippen molar-refractivity contribution in [3.8, 4) is 11.1 Å². The molecule has 4 heteroatoms. The van der Waals surface area contributed by atoms with E-state index >= 15 is 0 Å². The third-order valence-electron chi connectivity index (χ3n) is 2.60. The van der Waals surface area contributed by atoms with Crippen molar-refractivity contribution in [2.75, 3.05) is 11.5 Å². The van der Waals surface area contributed by atoms with Gasteiger partial charge in [0.2, 0.25) is 0 Å². The number of benzene rings is 2. The van der Waals surface area contributed by atoms with Crippen LogP contribution in [0.5, 0.6) is 0 Å². The second kappa shape index (κ2) is 4.17. The molecule has 2 aromatic carbocycles. The number of nitrogen functional groups attached to an aromatic ring is 2. The average molecular weight is 228 g/mol. The minimum Gasteiger partial charge on any atom is -0.478 e. The summed E-state index contributed by atoms with van der Waals surface area (Å²) in [6.07, 6.45) is 0. The zero-order chi connectivity index (χ0) is 12.4. The smallest absolute Gasteiger partial charge is 0.337 e. The van der Waals surface area contributed by atoms with Crippen molar-refractivity contribution in [1.82, 2.24) is 0 Å². The van der Waals surface area contributed by atoms with Crippen molar-refractivity contribution in [2.24, 2.45) is 0 Å². The fourth-order valence-corrected chi connectivity index (χ4v) is 1.69. The fraction of sp³-hybridized carbons (Fsp3) is 0. The van der Waals surface area contributed by atoms with Crippen LogP contribution in [0.3, 0.4) is 0 Å². The first kappa shape index (κ1) is 11.0. The molecule has 0 aliphatic rings. The van der Waals surface area contributed by atoms with Crippen LogP contribution < -0.4 is 11.5 Å². The number of anilines is 2. The van der Waals surface area contributed by atoms with E-state index in [1.807, 2.05) is 30.3 Å². The quantitative estimate of drug-likeness (QED) is 0.687. The molecule has 0 saturated carbocycles. The van der Waals surface area contributed by atoms with Crippen LogP contribution in [-0.2, 0) is 0 Å². The zero-order valence-electron chi connectivity index (χ0n) is 9.05. The lowest BCUT2D eigenvalue weighted by Crippen LogP contribution is -2.06. The van der Waals surface area contributed by atoms with Gasteiger partial charge in [-0.2, -0.15) is 0 Å². The van der Waals surface area contributed by atoms with Crippen LogP contribution in [0.1, 0.15) is 10.4 Å². The van der Waals surface area contributed by atoms with Gasteiger partial charge in [-0.15, -0.1) is 0 Å². The number of hydrogen-bond donors (Lipinski definition) is 3. The molecule has 2 aromatic rings. The van der Waals surface area contributed by atoms with Crippen LogP contribution in [-0.4, -0.2) is 11.1 Å². The number of carboxylic acids is 1. The summed E-state index contributed by atoms with van der Waals surface area (Å²) in [7, 11) is 0. The lowest BCUT2D eigenvalue weighted by Gasteiger charge is -2.10. The third-order valence-corrected chi connectivity index (χ3v) is 2.60. The predicted molar refractivity (Wildman–Crippen MR) is 67.7 cm³/mol. The molecule has 0 aliphatic heterocycles. The predicted octanol–water partition coefficient (Wildman–Crippen LogP) is 2.22. The van der Waals surface area contributed by atoms with E-state index in [4.69, 9.17) is 16.6 Å². The summed E-state index contributed by atoms with van der Waals surface area (Å²) in [5.74, 6) is -1.08. The summed E-state index contributed by atoms with van der Waals surface area (Å²) in [5.41, 5.74) is 13.7. The SMILES string of the molecule is Nc1c(C(=O)O)ccc(-c2ccccc2)c1N. The molecule has 86 valence electrons. The maximum atomic E-state index is 10.9. The van der Waals surface area contributed by atoms with Gasteiger partial charge in [0, 0.05) is 5.56 Å². The number of aromatic carboxylic acids is 1. The Morgan fingerprint density at radius 1 is 0.941 bits per heavy atom. The van der Waals surface area contributed by atoms with Gasteiger partial charge in [-0.1, -0.05) is 36.4 Å². The molecule has 0 aromatic heterocycles. The van der Waals surface area contributed by atoms with E-state index in [0.29, 0.717) is 5.69 Å². The summed E-state index contributed by atoms with van der Waals surface area (Å²) in [6, 6.07) is 12.6. The molecule has 0 bridgehead atoms. The number of hydrogen-bond acceptors (Lipinski definition) is 3. The zero-order valence-corrected chi connectivity index (χ0v) is 9.05. The Hall–Kier alpha value is -2.49. The van der Waals surface area contributed by atoms with E-state index in [9.17, 15) is 4.79 Å². The van der Waals surface area contributed by atoms with Crippen molar-refractivity contribution < 1.29 is 9.90 Å². The molecule has 0 unspecified atom stereocenters. The van der Waals surface area contributed by atoms with Gasteiger partial charge in [0.05, 0.1) is 16.9 Å². The normalized spacial score (nSPS) is 10.1. The Morgan fingerprint density at radius 3 is 2.18 bits per heavy atom. The molecule has 0 fully saturated rings. The van der Waals surface area contributed by atoms with Gasteiger partial charge in [0.15, 0.2) is 0 Å². The molecule has 0 spiro atoms. The molecule has 0 amide bonds. The molecule has 0 aliphatic carbocycles. The first-order valence-electron chi connectivity index (χ1n) is 5.08. The lowest BCUT2D eigenvalue weighted by molar-refractivity contribution is 0.0698. The van der Waals surface area contributed by atoms with E-state index in [1.165, 1.54) is 6.07 Å². The van der Waals surface area contributed by atoms with Crippen LogP contribution in [0.25, 0.3) is 11.1 Å². The molecule has 4 nitrogen and oxygen atoms in total. The summed E-state index contributed by atoms with van der Waals surface area (Å²) in [4.78, 5) is 10.9. The molecular weight excluding hydrogens is 216 g/mol. The minimum absolute atomic E-state index is 0.0298. The lowest BCUT2D eigenvalue weighted by atomic mass is 10.00. The van der Waals surface area contributed by atoms with Crippen molar-refractivity contribution in [2.45, 2.75) is 0 Å². The first-order chi connectivity index (χ1) is 8.11. The van der Waals surface area contributed by atoms with E-state index in [0.717, 1.165) is 11.1 Å². The van der Waals surface area contributed by atoms with Gasteiger partial charge >= 0.3 is 5.97 Å². The summed E-state index contributed by atoms with van der Waals surface area (Å²) < 4.78 is 0. The van der Waals surface area contributed by atoms with Gasteiger partial charge in [-0.25, -0.2) is 4.79 Å². The molecule has 0 saturated heterocycles. The molecular formula is C13H12N2O2. The largest absolute Gasteiger partial charge is 0.478 e. The van der Waals surface area contributed by atoms with E-state index in [-0.39, 0.29) is 11.3 Å². The molecule has 17 heavy (non-hydrogen) atoms. The highest BCUT2D eigenvalue weighted by molar-refractivity contribution is 6.00. The highest BCUT2D eigenvalue weighted by Gasteiger charge is 2.13. The first-order valence-corrected chi connectivity index (χ1v) is 5.08. The van der Waals surface area contributed by atoms with E-state index in [1.54, 1.807) is 6.07 Å². The van der Waals surface area contributed by atoms with Crippen LogP contribution in [0, 0.1) is 0 Å². The molecule has 0 heterocycles. The maximum absolute atomic E-state index is 10.9.